The molecule has 34 heteroatoms. The van der Waals surface area contributed by atoms with Gasteiger partial charge in [-0.2, -0.15) is 0 Å². The molecule has 145 heavy (non-hydrogen) atoms. The Hall–Kier alpha value is -15.0. The van der Waals surface area contributed by atoms with Gasteiger partial charge in [-0.25, -0.2) is 44.9 Å². The normalized spacial score (nSPS) is 10.4. The minimum Gasteiger partial charge on any atom is -0.444 e. The SMILES string of the molecule is Cc1ccc(-c2nc(CCC=O)cs2)cc1.O=CCCc1cnc(-c2ccc(Cl)cc2)[nH]1.O=CCCc1cnc(-c2ccccc2)[nH]1.O=CCCc1coc(-c2ccc(Cl)cc2)n1.O=CCCc1coc(-c2ccc(OC(F)(F)F)cc2)n1.O=CCCc1coc(-c2ccccc2)n1.O=CCCc1csc(-c2ccc(Cl)cc2)n1.O=CCCc1csc(-c2ccccc2)n1.O=CCCc1csc(Cc2ccccc2)n1. The molecule has 18 aromatic rings. The van der Waals surface area contributed by atoms with E-state index in [0.29, 0.717) is 123 Å². The number of hydrogen-bond donors (Lipinski definition) is 2. The third kappa shape index (κ3) is 41.1. The van der Waals surface area contributed by atoms with E-state index in [1.165, 1.54) is 41.7 Å². The molecule has 0 radical (unpaired) electrons. The number of thiazole rings is 4. The fourth-order valence-electron chi connectivity index (χ4n) is 12.8. The van der Waals surface area contributed by atoms with Crippen molar-refractivity contribution in [1.82, 2.24) is 54.8 Å². The van der Waals surface area contributed by atoms with E-state index in [1.807, 2.05) is 191 Å². The summed E-state index contributed by atoms with van der Waals surface area (Å²) >= 11 is 23.9. The lowest BCUT2D eigenvalue weighted by Gasteiger charge is -2.08. The lowest BCUT2D eigenvalue weighted by molar-refractivity contribution is -0.274. The molecule has 0 amide bonds. The van der Waals surface area contributed by atoms with Gasteiger partial charge in [0.05, 0.1) is 44.9 Å². The molecule has 0 aliphatic heterocycles. The first kappa shape index (κ1) is 112. The molecule has 2 N–H and O–H groups in total. The number of halogens is 6. The zero-order chi connectivity index (χ0) is 103. The van der Waals surface area contributed by atoms with Crippen molar-refractivity contribution in [1.29, 1.82) is 0 Å². The van der Waals surface area contributed by atoms with Crippen LogP contribution in [0, 0.1) is 6.92 Å². The summed E-state index contributed by atoms with van der Waals surface area (Å²) in [6.45, 7) is 2.07. The lowest BCUT2D eigenvalue weighted by atomic mass is 10.2. The van der Waals surface area contributed by atoms with Crippen LogP contribution in [-0.4, -0.2) is 118 Å². The first-order chi connectivity index (χ1) is 70.7. The summed E-state index contributed by atoms with van der Waals surface area (Å²) in [6.07, 6.45) is 23.0. The van der Waals surface area contributed by atoms with Gasteiger partial charge in [0, 0.05) is 169 Å². The number of ether oxygens (including phenoxy) is 1. The zero-order valence-electron chi connectivity index (χ0n) is 78.7. The van der Waals surface area contributed by atoms with Crippen LogP contribution in [0.15, 0.2) is 309 Å². The van der Waals surface area contributed by atoms with E-state index in [1.54, 1.807) is 82.4 Å². The Bertz CT molecular complexity index is 6270. The number of aryl methyl sites for hydroxylation is 10. The van der Waals surface area contributed by atoms with Crippen LogP contribution in [0.4, 0.5) is 13.2 Å². The maximum Gasteiger partial charge on any atom is 0.573 e. The van der Waals surface area contributed by atoms with Crippen molar-refractivity contribution in [2.45, 2.75) is 135 Å². The van der Waals surface area contributed by atoms with Crippen molar-refractivity contribution >= 4 is 137 Å². The Morgan fingerprint density at radius 1 is 0.310 bits per heavy atom. The smallest absolute Gasteiger partial charge is 0.444 e. The van der Waals surface area contributed by atoms with Crippen LogP contribution in [-0.2, 0) is 107 Å². The minimum atomic E-state index is -4.72. The number of aldehydes is 9. The number of oxazole rings is 3. The van der Waals surface area contributed by atoms with Gasteiger partial charge < -0.3 is 71.1 Å². The number of nitrogens with zero attached hydrogens (tertiary/aromatic N) is 9. The van der Waals surface area contributed by atoms with Gasteiger partial charge in [-0.1, -0.05) is 186 Å². The fourth-order valence-corrected chi connectivity index (χ4v) is 16.7. The molecule has 9 aromatic heterocycles. The second kappa shape index (κ2) is 63.1. The summed E-state index contributed by atoms with van der Waals surface area (Å²) in [5, 5.41) is 14.3. The molecule has 18 rings (SSSR count). The second-order valence-electron chi connectivity index (χ2n) is 31.2. The van der Waals surface area contributed by atoms with Gasteiger partial charge in [0.15, 0.2) is 0 Å². The zero-order valence-corrected chi connectivity index (χ0v) is 84.2. The van der Waals surface area contributed by atoms with Gasteiger partial charge in [0.2, 0.25) is 17.7 Å². The summed E-state index contributed by atoms with van der Waals surface area (Å²) in [6, 6.07) is 75.8. The lowest BCUT2D eigenvalue weighted by Crippen LogP contribution is -2.16. The number of aromatic nitrogens is 11. The Labute approximate surface area is 867 Å². The maximum atomic E-state index is 12.0. The number of hydrogen-bond acceptors (Lipinski definition) is 26. The van der Waals surface area contributed by atoms with Gasteiger partial charge in [0.25, 0.3) is 0 Å². The number of benzene rings is 9. The molecule has 0 fully saturated rings. The van der Waals surface area contributed by atoms with E-state index in [-0.39, 0.29) is 11.6 Å². The molecular weight excluding hydrogens is 1990 g/mol. The fraction of sp³-hybridized carbons (Fsp3) is 0.189. The second-order valence-corrected chi connectivity index (χ2v) is 36.0. The topological polar surface area (TPSA) is 350 Å². The Balaban J connectivity index is 0.000000167. The standard InChI is InChI=1S/C13H10F3NO3.2C13H13NOS.C12H11ClN2O.C12H10ClNO2.C12H10ClNOS.C12H12N2O.C12H11NO2.C12H11NOS/c14-13(15,16)20-11-5-3-9(4-6-11)12-17-10(8-19-12)2-1-7-18;1-10-4-6-11(7-5-10)13-14-12(9-16-13)3-2-8-15;15-8-4-7-12-10-16-13(14-12)9-11-5-2-1-3-6-11;13-10-5-3-9(4-6-10)12-14-8-11(15-12)2-1-7-16;2*13-10-5-3-9(4-6-10)12-14-11(8-16-12)2-1-7-15;15-8-4-7-11-9-13-12(14-11)10-5-2-1-3-6-10;2*14-8-4-7-11-9-15-12(13-11)10-5-2-1-3-6-10/h3-8H,1-2H2;4-9H,2-3H2,1H3;1-3,5-6,8,10H,4,7,9H2;3-8H,1-2H2,(H,14,15);2*3-8H,1-2H2;1-3,5-6,8-9H,4,7H2,(H,13,14);2*1-3,5-6,8-9H,4,7H2. The maximum absolute atomic E-state index is 12.0. The Morgan fingerprint density at radius 2 is 0.586 bits per heavy atom. The highest BCUT2D eigenvalue weighted by atomic mass is 35.5. The highest BCUT2D eigenvalue weighted by Gasteiger charge is 2.31. The van der Waals surface area contributed by atoms with Crippen LogP contribution in [0.25, 0.3) is 88.9 Å². The average Bonchev–Trinajstić information content (AvgIpc) is 1.70. The number of H-pyrrole nitrogens is 2. The number of carbonyl (C=O) groups excluding carboxylic acids is 9. The summed E-state index contributed by atoms with van der Waals surface area (Å²) in [5.41, 5.74) is 18.5. The molecule has 0 unspecified atom stereocenters. The van der Waals surface area contributed by atoms with Crippen LogP contribution >= 0.6 is 80.1 Å². The molecule has 0 aliphatic rings. The molecule has 0 atom stereocenters. The van der Waals surface area contributed by atoms with Gasteiger partial charge in [-0.05, 0) is 167 Å². The van der Waals surface area contributed by atoms with Crippen LogP contribution < -0.4 is 4.74 Å². The number of carbonyl (C=O) groups is 9. The van der Waals surface area contributed by atoms with Crippen LogP contribution in [0.2, 0.25) is 15.1 Å². The number of alkyl halides is 3. The molecule has 9 heterocycles. The van der Waals surface area contributed by atoms with Crippen molar-refractivity contribution in [3.8, 4) is 94.6 Å². The van der Waals surface area contributed by atoms with E-state index in [0.717, 1.165) is 210 Å². The molecular formula is C111H101Cl3F3N11O13S4. The monoisotopic (exact) mass is 2090 g/mol. The van der Waals surface area contributed by atoms with Crippen molar-refractivity contribution in [3.63, 3.8) is 0 Å². The Kier molecular flexibility index (Phi) is 48.8. The molecule has 0 saturated heterocycles. The Morgan fingerprint density at radius 3 is 0.945 bits per heavy atom. The number of rotatable bonds is 38. The summed E-state index contributed by atoms with van der Waals surface area (Å²) < 4.78 is 55.6. The predicted octanol–water partition coefficient (Wildman–Crippen LogP) is 26.7. The molecule has 0 aliphatic carbocycles. The largest absolute Gasteiger partial charge is 0.573 e. The summed E-state index contributed by atoms with van der Waals surface area (Å²) in [7, 11) is 0. The van der Waals surface area contributed by atoms with E-state index in [2.05, 4.69) is 103 Å². The van der Waals surface area contributed by atoms with Gasteiger partial charge in [-0.3, -0.25) is 0 Å². The first-order valence-electron chi connectivity index (χ1n) is 45.7. The van der Waals surface area contributed by atoms with E-state index < -0.39 is 6.36 Å². The van der Waals surface area contributed by atoms with E-state index >= 15 is 0 Å². The summed E-state index contributed by atoms with van der Waals surface area (Å²) in [5.74, 6) is 2.79. The quantitative estimate of drug-likeness (QED) is 0.0339. The van der Waals surface area contributed by atoms with Crippen molar-refractivity contribution in [2.24, 2.45) is 0 Å². The van der Waals surface area contributed by atoms with E-state index in [4.69, 9.17) is 48.1 Å². The third-order valence-electron chi connectivity index (χ3n) is 20.1. The molecule has 0 bridgehead atoms. The van der Waals surface area contributed by atoms with Crippen molar-refractivity contribution in [3.05, 3.63) is 378 Å². The third-order valence-corrected chi connectivity index (χ3v) is 24.6. The molecule has 0 spiro atoms. The predicted molar refractivity (Wildman–Crippen MR) is 564 cm³/mol. The minimum absolute atomic E-state index is 0.282. The van der Waals surface area contributed by atoms with Gasteiger partial charge in [0.1, 0.15) is 108 Å². The highest BCUT2D eigenvalue weighted by Crippen LogP contribution is 2.32. The van der Waals surface area contributed by atoms with Crippen LogP contribution in [0.1, 0.15) is 125 Å². The number of nitrogens with one attached hydrogen (secondary N) is 2. The van der Waals surface area contributed by atoms with Crippen LogP contribution in [0.5, 0.6) is 5.75 Å². The number of aromatic amines is 2. The molecule has 0 saturated carbocycles. The highest BCUT2D eigenvalue weighted by molar-refractivity contribution is 7.13. The van der Waals surface area contributed by atoms with Crippen molar-refractivity contribution in [2.75, 3.05) is 0 Å². The molecule has 744 valence electrons. The van der Waals surface area contributed by atoms with E-state index in [9.17, 15) is 56.3 Å². The van der Waals surface area contributed by atoms with Crippen molar-refractivity contribution < 1.29 is 74.3 Å². The van der Waals surface area contributed by atoms with Gasteiger partial charge >= 0.3 is 6.36 Å². The number of imidazole rings is 2. The van der Waals surface area contributed by atoms with Gasteiger partial charge in [-0.15, -0.1) is 58.5 Å². The molecule has 24 nitrogen and oxygen atoms in total. The molecule has 9 aromatic carbocycles. The average molecular weight is 2090 g/mol. The van der Waals surface area contributed by atoms with Crippen LogP contribution in [0.3, 0.4) is 0 Å². The first-order valence-corrected chi connectivity index (χ1v) is 50.4. The summed E-state index contributed by atoms with van der Waals surface area (Å²) in [4.78, 5) is 138.